The van der Waals surface area contributed by atoms with Gasteiger partial charge in [0.25, 0.3) is 5.91 Å². The second-order valence-electron chi connectivity index (χ2n) is 5.50. The fraction of sp³-hybridized carbons (Fsp3) is 0.375. The molecule has 21 heavy (non-hydrogen) atoms. The first-order chi connectivity index (χ1) is 10.1. The summed E-state index contributed by atoms with van der Waals surface area (Å²) < 4.78 is 5.04. The molecule has 1 aromatic heterocycles. The molecule has 0 aliphatic heterocycles. The van der Waals surface area contributed by atoms with E-state index in [9.17, 15) is 9.59 Å². The van der Waals surface area contributed by atoms with Gasteiger partial charge < -0.3 is 15.5 Å². The quantitative estimate of drug-likeness (QED) is 0.847. The monoisotopic (exact) mass is 286 g/mol. The molecular formula is C16H18N2O3. The second-order valence-corrected chi connectivity index (χ2v) is 5.50. The van der Waals surface area contributed by atoms with Crippen molar-refractivity contribution in [3.8, 4) is 0 Å². The lowest BCUT2D eigenvalue weighted by Crippen LogP contribution is -2.30. The summed E-state index contributed by atoms with van der Waals surface area (Å²) in [6.07, 6.45) is 3.54. The fourth-order valence-corrected chi connectivity index (χ4v) is 2.82. The van der Waals surface area contributed by atoms with Gasteiger partial charge in [-0.2, -0.15) is 0 Å². The Kier molecular flexibility index (Phi) is 3.41. The van der Waals surface area contributed by atoms with E-state index in [2.05, 4.69) is 4.98 Å². The number of fused-ring (bicyclic) bond motifs is 3. The van der Waals surface area contributed by atoms with Crippen molar-refractivity contribution in [1.82, 2.24) is 4.98 Å². The van der Waals surface area contributed by atoms with Gasteiger partial charge in [0.2, 0.25) is 0 Å². The Bertz CT molecular complexity index is 718. The van der Waals surface area contributed by atoms with Gasteiger partial charge >= 0.3 is 5.97 Å². The van der Waals surface area contributed by atoms with Crippen LogP contribution in [-0.2, 0) is 22.4 Å². The van der Waals surface area contributed by atoms with Crippen LogP contribution in [0, 0.1) is 0 Å². The van der Waals surface area contributed by atoms with Crippen molar-refractivity contribution in [3.05, 3.63) is 35.0 Å². The molecule has 5 nitrogen and oxygen atoms in total. The van der Waals surface area contributed by atoms with Crippen LogP contribution in [0.3, 0.4) is 0 Å². The first-order valence-electron chi connectivity index (χ1n) is 7.20. The van der Waals surface area contributed by atoms with Crippen molar-refractivity contribution >= 4 is 22.8 Å². The van der Waals surface area contributed by atoms with E-state index in [1.54, 1.807) is 6.07 Å². The van der Waals surface area contributed by atoms with E-state index < -0.39 is 18.0 Å². The van der Waals surface area contributed by atoms with Crippen LogP contribution in [0.4, 0.5) is 0 Å². The number of hydrogen-bond acceptors (Lipinski definition) is 3. The number of benzene rings is 1. The number of primary amides is 1. The van der Waals surface area contributed by atoms with Crippen molar-refractivity contribution < 1.29 is 14.3 Å². The summed E-state index contributed by atoms with van der Waals surface area (Å²) in [5.41, 5.74) is 9.17. The number of aromatic amines is 1. The molecule has 1 heterocycles. The number of H-pyrrole nitrogens is 1. The standard InChI is InChI=1S/C16H18N2O3/c1-9(15(17)19)21-16(20)10-6-7-14-12(8-10)11-4-2-3-5-13(11)18-14/h6-9,18H,2-5H2,1H3,(H2,17,19)/t9-/m0/s1. The van der Waals surface area contributed by atoms with Crippen molar-refractivity contribution in [1.29, 1.82) is 0 Å². The second kappa shape index (κ2) is 5.24. The molecular weight excluding hydrogens is 268 g/mol. The first kappa shape index (κ1) is 13.7. The molecule has 0 radical (unpaired) electrons. The lowest BCUT2D eigenvalue weighted by molar-refractivity contribution is -0.125. The summed E-state index contributed by atoms with van der Waals surface area (Å²) in [6, 6.07) is 5.44. The van der Waals surface area contributed by atoms with Gasteiger partial charge in [-0.05, 0) is 56.4 Å². The molecule has 0 saturated carbocycles. The summed E-state index contributed by atoms with van der Waals surface area (Å²) in [5.74, 6) is -1.17. The van der Waals surface area contributed by atoms with Crippen LogP contribution in [0.5, 0.6) is 0 Å². The molecule has 1 atom stereocenters. The normalized spacial score (nSPS) is 15.5. The summed E-state index contributed by atoms with van der Waals surface area (Å²) in [6.45, 7) is 1.47. The van der Waals surface area contributed by atoms with Crippen LogP contribution >= 0.6 is 0 Å². The Morgan fingerprint density at radius 1 is 1.29 bits per heavy atom. The van der Waals surface area contributed by atoms with E-state index in [0.717, 1.165) is 23.7 Å². The molecule has 1 aliphatic rings. The molecule has 1 aliphatic carbocycles. The van der Waals surface area contributed by atoms with Crippen LogP contribution in [0.2, 0.25) is 0 Å². The number of ether oxygens (including phenoxy) is 1. The van der Waals surface area contributed by atoms with Gasteiger partial charge in [0.15, 0.2) is 6.10 Å². The number of carbonyl (C=O) groups is 2. The van der Waals surface area contributed by atoms with Gasteiger partial charge in [-0.25, -0.2) is 4.79 Å². The van der Waals surface area contributed by atoms with Crippen molar-refractivity contribution in [3.63, 3.8) is 0 Å². The van der Waals surface area contributed by atoms with Crippen LogP contribution in [0.1, 0.15) is 41.4 Å². The average Bonchev–Trinajstić information content (AvgIpc) is 2.84. The Morgan fingerprint density at radius 3 is 2.81 bits per heavy atom. The number of amides is 1. The van der Waals surface area contributed by atoms with Crippen LogP contribution in [0.15, 0.2) is 18.2 Å². The molecule has 3 N–H and O–H groups in total. The van der Waals surface area contributed by atoms with Gasteiger partial charge in [0.1, 0.15) is 0 Å². The highest BCUT2D eigenvalue weighted by molar-refractivity contribution is 5.97. The lowest BCUT2D eigenvalue weighted by atomic mass is 9.95. The van der Waals surface area contributed by atoms with Crippen molar-refractivity contribution in [2.75, 3.05) is 0 Å². The third-order valence-electron chi connectivity index (χ3n) is 4.02. The Hall–Kier alpha value is -2.30. The molecule has 0 bridgehead atoms. The zero-order valence-corrected chi connectivity index (χ0v) is 11.9. The number of nitrogens with one attached hydrogen (secondary N) is 1. The first-order valence-corrected chi connectivity index (χ1v) is 7.20. The fourth-order valence-electron chi connectivity index (χ4n) is 2.82. The van der Waals surface area contributed by atoms with Crippen LogP contribution < -0.4 is 5.73 Å². The number of aryl methyl sites for hydroxylation is 2. The predicted molar refractivity (Wildman–Crippen MR) is 79.0 cm³/mol. The molecule has 110 valence electrons. The molecule has 1 amide bonds. The van der Waals surface area contributed by atoms with Gasteiger partial charge in [-0.15, -0.1) is 0 Å². The highest BCUT2D eigenvalue weighted by atomic mass is 16.5. The number of rotatable bonds is 3. The van der Waals surface area contributed by atoms with Gasteiger partial charge in [-0.3, -0.25) is 4.79 Å². The smallest absolute Gasteiger partial charge is 0.338 e. The summed E-state index contributed by atoms with van der Waals surface area (Å²) in [7, 11) is 0. The van der Waals surface area contributed by atoms with Crippen molar-refractivity contribution in [2.24, 2.45) is 5.73 Å². The van der Waals surface area contributed by atoms with Crippen LogP contribution in [0.25, 0.3) is 10.9 Å². The highest BCUT2D eigenvalue weighted by Gasteiger charge is 2.19. The third kappa shape index (κ3) is 2.51. The van der Waals surface area contributed by atoms with Crippen LogP contribution in [-0.4, -0.2) is 23.0 Å². The molecule has 0 saturated heterocycles. The lowest BCUT2D eigenvalue weighted by Gasteiger charge is -2.11. The van der Waals surface area contributed by atoms with E-state index in [0.29, 0.717) is 5.56 Å². The van der Waals surface area contributed by atoms with E-state index in [1.165, 1.54) is 31.0 Å². The maximum absolute atomic E-state index is 12.1. The molecule has 0 spiro atoms. The van der Waals surface area contributed by atoms with E-state index in [1.807, 2.05) is 12.1 Å². The van der Waals surface area contributed by atoms with E-state index in [4.69, 9.17) is 10.5 Å². The summed E-state index contributed by atoms with van der Waals surface area (Å²) >= 11 is 0. The van der Waals surface area contributed by atoms with E-state index in [-0.39, 0.29) is 0 Å². The average molecular weight is 286 g/mol. The summed E-state index contributed by atoms with van der Waals surface area (Å²) in [4.78, 5) is 26.4. The number of hydrogen-bond donors (Lipinski definition) is 2. The van der Waals surface area contributed by atoms with Gasteiger partial charge in [-0.1, -0.05) is 0 Å². The Labute approximate surface area is 122 Å². The minimum absolute atomic E-state index is 0.447. The molecule has 5 heteroatoms. The molecule has 1 aromatic carbocycles. The Morgan fingerprint density at radius 2 is 2.05 bits per heavy atom. The van der Waals surface area contributed by atoms with E-state index >= 15 is 0 Å². The van der Waals surface area contributed by atoms with Gasteiger partial charge in [0, 0.05) is 16.6 Å². The number of nitrogens with two attached hydrogens (primary N) is 1. The highest BCUT2D eigenvalue weighted by Crippen LogP contribution is 2.29. The Balaban J connectivity index is 1.93. The minimum Gasteiger partial charge on any atom is -0.449 e. The zero-order chi connectivity index (χ0) is 15.0. The number of esters is 1. The molecule has 2 aromatic rings. The number of aromatic nitrogens is 1. The maximum Gasteiger partial charge on any atom is 0.338 e. The van der Waals surface area contributed by atoms with Gasteiger partial charge in [0.05, 0.1) is 5.56 Å². The third-order valence-corrected chi connectivity index (χ3v) is 4.02. The number of carbonyl (C=O) groups excluding carboxylic acids is 2. The maximum atomic E-state index is 12.1. The topological polar surface area (TPSA) is 85.2 Å². The van der Waals surface area contributed by atoms with Crippen molar-refractivity contribution in [2.45, 2.75) is 38.7 Å². The largest absolute Gasteiger partial charge is 0.449 e. The molecule has 0 fully saturated rings. The molecule has 3 rings (SSSR count). The zero-order valence-electron chi connectivity index (χ0n) is 11.9. The SMILES string of the molecule is C[C@H](OC(=O)c1ccc2[nH]c3c(c2c1)CCCC3)C(N)=O. The molecule has 0 unspecified atom stereocenters. The predicted octanol–water partition coefficient (Wildman–Crippen LogP) is 2.08. The summed E-state index contributed by atoms with van der Waals surface area (Å²) in [5, 5.41) is 1.07. The minimum atomic E-state index is -0.923.